The van der Waals surface area contributed by atoms with Crippen LogP contribution in [0.1, 0.15) is 28.5 Å². The summed E-state index contributed by atoms with van der Waals surface area (Å²) in [5, 5.41) is 15.0. The van der Waals surface area contributed by atoms with Crippen LogP contribution in [-0.4, -0.2) is 92.6 Å². The molecule has 10 nitrogen and oxygen atoms in total. The van der Waals surface area contributed by atoms with Gasteiger partial charge in [-0.15, -0.1) is 0 Å². The lowest BCUT2D eigenvalue weighted by Gasteiger charge is -2.26. The van der Waals surface area contributed by atoms with Crippen molar-refractivity contribution in [2.45, 2.75) is 23.1 Å². The average molecular weight is 499 g/mol. The van der Waals surface area contributed by atoms with Gasteiger partial charge in [0.1, 0.15) is 0 Å². The molecule has 1 amide bonds. The molecular formula is C24H30N6O4S. The molecule has 11 heteroatoms. The first-order valence-corrected chi connectivity index (χ1v) is 13.6. The molecule has 0 aliphatic carbocycles. The quantitative estimate of drug-likeness (QED) is 0.436. The molecule has 0 saturated carbocycles. The summed E-state index contributed by atoms with van der Waals surface area (Å²) in [4.78, 5) is 17.8. The Morgan fingerprint density at radius 2 is 2.03 bits per heavy atom. The maximum absolute atomic E-state index is 13.5. The highest BCUT2D eigenvalue weighted by Gasteiger charge is 2.39. The van der Waals surface area contributed by atoms with Gasteiger partial charge in [-0.1, -0.05) is 18.2 Å². The lowest BCUT2D eigenvalue weighted by atomic mass is 10.0. The van der Waals surface area contributed by atoms with E-state index in [0.29, 0.717) is 42.3 Å². The van der Waals surface area contributed by atoms with Crippen molar-refractivity contribution in [3.63, 3.8) is 0 Å². The third kappa shape index (κ3) is 4.63. The number of allylic oxidation sites excluding steroid dienone is 1. The van der Waals surface area contributed by atoms with Crippen LogP contribution in [0.4, 0.5) is 0 Å². The minimum atomic E-state index is -3.57. The molecule has 2 saturated heterocycles. The smallest absolute Gasteiger partial charge is 0.274 e. The third-order valence-corrected chi connectivity index (χ3v) is 8.49. The molecule has 186 valence electrons. The minimum absolute atomic E-state index is 0.0426. The molecule has 0 spiro atoms. The van der Waals surface area contributed by atoms with Crippen molar-refractivity contribution in [2.24, 2.45) is 0 Å². The van der Waals surface area contributed by atoms with E-state index in [4.69, 9.17) is 15.2 Å². The van der Waals surface area contributed by atoms with E-state index in [9.17, 15) is 13.2 Å². The van der Waals surface area contributed by atoms with Gasteiger partial charge < -0.3 is 20.4 Å². The standard InChI is InChI=1S/C24H30N6O4S/c25-7-3-8-26-9-11-28-10-6-18(16-28)30-23-19-4-1-2-5-21(19)35(32,33)17-20(23)22(27-30)24(31)29-12-14-34-15-13-29/h1-5,7-8,18,25-26H,6,9-17H2/b8-3-,25-7?. The first kappa shape index (κ1) is 23.7. The van der Waals surface area contributed by atoms with Gasteiger partial charge in [0, 0.05) is 56.6 Å². The Hall–Kier alpha value is -3.02. The lowest BCUT2D eigenvalue weighted by Crippen LogP contribution is -2.41. The maximum atomic E-state index is 13.5. The number of nitrogens with one attached hydrogen (secondary N) is 2. The summed E-state index contributed by atoms with van der Waals surface area (Å²) < 4.78 is 33.6. The molecule has 0 bridgehead atoms. The second-order valence-electron chi connectivity index (χ2n) is 9.00. The number of hydrogen-bond acceptors (Lipinski definition) is 8. The monoisotopic (exact) mass is 498 g/mol. The molecule has 4 heterocycles. The Labute approximate surface area is 205 Å². The van der Waals surface area contributed by atoms with Crippen LogP contribution in [0.15, 0.2) is 41.4 Å². The number of nitrogens with zero attached hydrogens (tertiary/aromatic N) is 4. The van der Waals surface area contributed by atoms with Gasteiger partial charge in [-0.3, -0.25) is 14.4 Å². The molecule has 2 fully saturated rings. The van der Waals surface area contributed by atoms with E-state index < -0.39 is 9.84 Å². The summed E-state index contributed by atoms with van der Waals surface area (Å²) in [6.07, 6.45) is 5.49. The molecular weight excluding hydrogens is 468 g/mol. The number of carbonyl (C=O) groups excluding carboxylic acids is 1. The fraction of sp³-hybridized carbons (Fsp3) is 0.458. The van der Waals surface area contributed by atoms with Gasteiger partial charge in [0.05, 0.1) is 35.6 Å². The van der Waals surface area contributed by atoms with E-state index in [1.807, 2.05) is 16.8 Å². The third-order valence-electron chi connectivity index (χ3n) is 6.80. The van der Waals surface area contributed by atoms with E-state index in [0.717, 1.165) is 38.3 Å². The van der Waals surface area contributed by atoms with Crippen LogP contribution in [0.2, 0.25) is 0 Å². The SMILES string of the molecule is N=C/C=C\NCCN1CCC(n2nc(C(=O)N3CCOCC3)c3c2-c2ccccc2S(=O)(=O)C3)C1. The van der Waals surface area contributed by atoms with Crippen molar-refractivity contribution in [2.75, 3.05) is 52.5 Å². The largest absolute Gasteiger partial charge is 0.390 e. The number of sulfone groups is 1. The van der Waals surface area contributed by atoms with Crippen LogP contribution in [0.3, 0.4) is 0 Å². The fourth-order valence-corrected chi connectivity index (χ4v) is 6.68. The van der Waals surface area contributed by atoms with Crippen LogP contribution in [0.25, 0.3) is 11.3 Å². The maximum Gasteiger partial charge on any atom is 0.274 e. The topological polar surface area (TPSA) is 121 Å². The fourth-order valence-electron chi connectivity index (χ4n) is 5.08. The second kappa shape index (κ2) is 9.92. The number of ether oxygens (including phenoxy) is 1. The van der Waals surface area contributed by atoms with Crippen molar-refractivity contribution in [3.8, 4) is 11.3 Å². The Morgan fingerprint density at radius 3 is 2.83 bits per heavy atom. The van der Waals surface area contributed by atoms with Gasteiger partial charge in [-0.25, -0.2) is 8.42 Å². The Balaban J connectivity index is 1.48. The molecule has 2 aromatic rings. The Kier molecular flexibility index (Phi) is 6.72. The molecule has 3 aliphatic rings. The van der Waals surface area contributed by atoms with Gasteiger partial charge in [0.25, 0.3) is 5.91 Å². The van der Waals surface area contributed by atoms with Gasteiger partial charge in [-0.2, -0.15) is 5.10 Å². The molecule has 5 rings (SSSR count). The summed E-state index contributed by atoms with van der Waals surface area (Å²) in [5.74, 6) is -0.445. The van der Waals surface area contributed by atoms with Gasteiger partial charge in [0.15, 0.2) is 15.5 Å². The average Bonchev–Trinajstić information content (AvgIpc) is 3.48. The summed E-state index contributed by atoms with van der Waals surface area (Å²) in [6, 6.07) is 7.07. The van der Waals surface area contributed by atoms with Crippen LogP contribution < -0.4 is 5.32 Å². The number of likely N-dealkylation sites (tertiary alicyclic amines) is 1. The first-order valence-electron chi connectivity index (χ1n) is 11.9. The summed E-state index contributed by atoms with van der Waals surface area (Å²) in [5.41, 5.74) is 2.14. The molecule has 1 unspecified atom stereocenters. The van der Waals surface area contributed by atoms with Crippen LogP contribution >= 0.6 is 0 Å². The number of amides is 1. The summed E-state index contributed by atoms with van der Waals surface area (Å²) >= 11 is 0. The van der Waals surface area contributed by atoms with Crippen LogP contribution in [0.5, 0.6) is 0 Å². The first-order chi connectivity index (χ1) is 17.0. The number of benzene rings is 1. The van der Waals surface area contributed by atoms with Crippen molar-refractivity contribution in [1.29, 1.82) is 5.41 Å². The number of morpholine rings is 1. The number of rotatable bonds is 7. The number of hydrogen-bond donors (Lipinski definition) is 2. The van der Waals surface area contributed by atoms with Crippen molar-refractivity contribution in [3.05, 3.63) is 47.8 Å². The predicted octanol–water partition coefficient (Wildman–Crippen LogP) is 1.31. The van der Waals surface area contributed by atoms with E-state index >= 15 is 0 Å². The van der Waals surface area contributed by atoms with E-state index in [1.165, 1.54) is 6.21 Å². The van der Waals surface area contributed by atoms with Crippen molar-refractivity contribution < 1.29 is 17.9 Å². The Morgan fingerprint density at radius 1 is 1.23 bits per heavy atom. The van der Waals surface area contributed by atoms with Gasteiger partial charge >= 0.3 is 0 Å². The van der Waals surface area contributed by atoms with Gasteiger partial charge in [0.2, 0.25) is 0 Å². The van der Waals surface area contributed by atoms with Crippen LogP contribution in [-0.2, 0) is 20.3 Å². The molecule has 35 heavy (non-hydrogen) atoms. The van der Waals surface area contributed by atoms with Crippen molar-refractivity contribution >= 4 is 22.0 Å². The molecule has 0 radical (unpaired) electrons. The molecule has 2 N–H and O–H groups in total. The van der Waals surface area contributed by atoms with Crippen molar-refractivity contribution in [1.82, 2.24) is 24.9 Å². The lowest BCUT2D eigenvalue weighted by molar-refractivity contribution is 0.0297. The zero-order valence-electron chi connectivity index (χ0n) is 19.5. The number of carbonyl (C=O) groups is 1. The van der Waals surface area contributed by atoms with Gasteiger partial charge in [-0.05, 0) is 24.8 Å². The number of aromatic nitrogens is 2. The highest BCUT2D eigenvalue weighted by atomic mass is 32.2. The van der Waals surface area contributed by atoms with E-state index in [1.54, 1.807) is 29.3 Å². The van der Waals surface area contributed by atoms with E-state index in [-0.39, 0.29) is 23.4 Å². The zero-order valence-corrected chi connectivity index (χ0v) is 20.3. The predicted molar refractivity (Wildman–Crippen MR) is 131 cm³/mol. The molecule has 1 aromatic heterocycles. The normalized spacial score (nSPS) is 21.6. The highest BCUT2D eigenvalue weighted by Crippen LogP contribution is 2.41. The minimum Gasteiger partial charge on any atom is -0.390 e. The summed E-state index contributed by atoms with van der Waals surface area (Å²) in [6.45, 7) is 5.14. The molecule has 1 atom stereocenters. The molecule has 3 aliphatic heterocycles. The number of fused-ring (bicyclic) bond motifs is 3. The second-order valence-corrected chi connectivity index (χ2v) is 11.0. The molecule has 1 aromatic carbocycles. The van der Waals surface area contributed by atoms with Crippen LogP contribution in [0, 0.1) is 5.41 Å². The highest BCUT2D eigenvalue weighted by molar-refractivity contribution is 7.90. The zero-order chi connectivity index (χ0) is 24.4. The summed E-state index contributed by atoms with van der Waals surface area (Å²) in [7, 11) is -3.57. The Bertz CT molecular complexity index is 1250. The van der Waals surface area contributed by atoms with E-state index in [2.05, 4.69) is 10.2 Å².